The zero-order valence-corrected chi connectivity index (χ0v) is 20.0. The molecule has 5 heteroatoms. The smallest absolute Gasteiger partial charge is 0.337 e. The Bertz CT molecular complexity index is 1110. The molecule has 0 amide bonds. The lowest BCUT2D eigenvalue weighted by molar-refractivity contribution is -0.143. The summed E-state index contributed by atoms with van der Waals surface area (Å²) in [7, 11) is 3.98. The van der Waals surface area contributed by atoms with Crippen LogP contribution in [-0.4, -0.2) is 32.0 Å². The second-order valence-corrected chi connectivity index (χ2v) is 9.37. The third kappa shape index (κ3) is 4.58. The van der Waals surface area contributed by atoms with Gasteiger partial charge in [-0.05, 0) is 56.4 Å². The van der Waals surface area contributed by atoms with Crippen molar-refractivity contribution in [2.45, 2.75) is 51.6 Å². The fourth-order valence-electron chi connectivity index (χ4n) is 4.85. The van der Waals surface area contributed by atoms with Crippen LogP contribution < -0.4 is 10.2 Å². The molecule has 0 radical (unpaired) electrons. The second kappa shape index (κ2) is 9.26. The van der Waals surface area contributed by atoms with E-state index in [0.717, 1.165) is 34.6 Å². The molecule has 1 N–H and O–H groups in total. The van der Waals surface area contributed by atoms with Gasteiger partial charge in [-0.2, -0.15) is 0 Å². The minimum atomic E-state index is -0.437. The van der Waals surface area contributed by atoms with Gasteiger partial charge in [0.1, 0.15) is 0 Å². The molecule has 2 atom stereocenters. The molecule has 4 rings (SSSR count). The van der Waals surface area contributed by atoms with Gasteiger partial charge in [-0.25, -0.2) is 4.79 Å². The highest BCUT2D eigenvalue weighted by molar-refractivity contribution is 6.04. The van der Waals surface area contributed by atoms with E-state index in [1.165, 1.54) is 0 Å². The largest absolute Gasteiger partial charge is 0.460 e. The van der Waals surface area contributed by atoms with Gasteiger partial charge < -0.3 is 15.0 Å². The zero-order chi connectivity index (χ0) is 23.7. The third-order valence-electron chi connectivity index (χ3n) is 6.40. The Hall–Kier alpha value is -3.34. The van der Waals surface area contributed by atoms with Crippen molar-refractivity contribution < 1.29 is 14.3 Å². The molecule has 33 heavy (non-hydrogen) atoms. The fourth-order valence-corrected chi connectivity index (χ4v) is 4.85. The highest BCUT2D eigenvalue weighted by Gasteiger charge is 2.41. The molecule has 0 fully saturated rings. The molecule has 172 valence electrons. The number of esters is 1. The standard InChI is InChI=1S/C28H32N2O3/c1-17(2)33-28(32)25-18(3)29-23-15-21(19-9-7-6-8-10-19)16-24(31)27(23)26(25)20-11-13-22(14-12-20)30(4)5/h6-14,17,21,26,29H,15-16H2,1-5H3/t21-,26-/m0/s1. The van der Waals surface area contributed by atoms with Crippen molar-refractivity contribution >= 4 is 17.4 Å². The Morgan fingerprint density at radius 1 is 1.00 bits per heavy atom. The molecule has 0 spiro atoms. The topological polar surface area (TPSA) is 58.6 Å². The predicted octanol–water partition coefficient (Wildman–Crippen LogP) is 5.07. The summed E-state index contributed by atoms with van der Waals surface area (Å²) >= 11 is 0. The molecule has 1 aliphatic carbocycles. The van der Waals surface area contributed by atoms with Crippen molar-refractivity contribution in [3.8, 4) is 0 Å². The number of nitrogens with zero attached hydrogens (tertiary/aromatic N) is 1. The average Bonchev–Trinajstić information content (AvgIpc) is 2.78. The molecule has 0 aromatic heterocycles. The molecule has 1 aliphatic heterocycles. The number of benzene rings is 2. The number of hydrogen-bond donors (Lipinski definition) is 1. The lowest BCUT2D eigenvalue weighted by Gasteiger charge is -2.37. The van der Waals surface area contributed by atoms with Gasteiger partial charge in [-0.3, -0.25) is 4.79 Å². The van der Waals surface area contributed by atoms with Crippen LogP contribution in [0.5, 0.6) is 0 Å². The molecule has 0 saturated carbocycles. The van der Waals surface area contributed by atoms with Crippen LogP contribution in [0.25, 0.3) is 0 Å². The predicted molar refractivity (Wildman–Crippen MR) is 131 cm³/mol. The van der Waals surface area contributed by atoms with E-state index in [1.54, 1.807) is 0 Å². The van der Waals surface area contributed by atoms with Crippen LogP contribution in [0.1, 0.15) is 56.6 Å². The molecule has 2 aliphatic rings. The number of carbonyl (C=O) groups excluding carboxylic acids is 2. The Kier molecular flexibility index (Phi) is 6.41. The Labute approximate surface area is 196 Å². The van der Waals surface area contributed by atoms with Crippen LogP contribution in [0.15, 0.2) is 77.1 Å². The van der Waals surface area contributed by atoms with E-state index >= 15 is 0 Å². The molecule has 0 saturated heterocycles. The van der Waals surface area contributed by atoms with Crippen LogP contribution in [-0.2, 0) is 14.3 Å². The second-order valence-electron chi connectivity index (χ2n) is 9.37. The zero-order valence-electron chi connectivity index (χ0n) is 20.0. The summed E-state index contributed by atoms with van der Waals surface area (Å²) in [6.07, 6.45) is 0.929. The maximum atomic E-state index is 13.6. The summed E-state index contributed by atoms with van der Waals surface area (Å²) in [6, 6.07) is 18.3. The average molecular weight is 445 g/mol. The molecule has 5 nitrogen and oxygen atoms in total. The summed E-state index contributed by atoms with van der Waals surface area (Å²) in [5.74, 6) is -0.602. The first-order valence-electron chi connectivity index (χ1n) is 11.5. The number of ether oxygens (including phenoxy) is 1. The minimum absolute atomic E-state index is 0.0848. The first kappa shape index (κ1) is 22.8. The molecule has 1 heterocycles. The maximum absolute atomic E-state index is 13.6. The van der Waals surface area contributed by atoms with E-state index in [4.69, 9.17) is 4.74 Å². The van der Waals surface area contributed by atoms with Crippen LogP contribution >= 0.6 is 0 Å². The summed E-state index contributed by atoms with van der Waals surface area (Å²) in [4.78, 5) is 28.8. The summed E-state index contributed by atoms with van der Waals surface area (Å²) in [5, 5.41) is 3.41. The van der Waals surface area contributed by atoms with Gasteiger partial charge in [-0.15, -0.1) is 0 Å². The van der Waals surface area contributed by atoms with Gasteiger partial charge in [0.05, 0.1) is 11.7 Å². The van der Waals surface area contributed by atoms with Gasteiger partial charge in [0.15, 0.2) is 5.78 Å². The number of hydrogen-bond acceptors (Lipinski definition) is 5. The number of Topliss-reactive ketones (excluding diaryl/α,β-unsaturated/α-hetero) is 1. The number of allylic oxidation sites excluding steroid dienone is 3. The first-order valence-corrected chi connectivity index (χ1v) is 11.5. The lowest BCUT2D eigenvalue weighted by Crippen LogP contribution is -2.36. The van der Waals surface area contributed by atoms with Crippen LogP contribution in [0.2, 0.25) is 0 Å². The number of rotatable bonds is 5. The van der Waals surface area contributed by atoms with Gasteiger partial charge >= 0.3 is 5.97 Å². The Balaban J connectivity index is 1.79. The number of dihydropyridines is 1. The van der Waals surface area contributed by atoms with E-state index in [1.807, 2.05) is 82.2 Å². The van der Waals surface area contributed by atoms with Crippen molar-refractivity contribution in [1.29, 1.82) is 0 Å². The lowest BCUT2D eigenvalue weighted by atomic mass is 9.71. The molecule has 2 aromatic rings. The number of ketones is 1. The molecular weight excluding hydrogens is 412 g/mol. The van der Waals surface area contributed by atoms with Crippen molar-refractivity contribution in [2.75, 3.05) is 19.0 Å². The highest BCUT2D eigenvalue weighted by atomic mass is 16.5. The number of nitrogens with one attached hydrogen (secondary N) is 1. The SMILES string of the molecule is CC1=C(C(=O)OC(C)C)[C@H](c2ccc(N(C)C)cc2)C2=C(C[C@H](c3ccccc3)CC2=O)N1. The summed E-state index contributed by atoms with van der Waals surface area (Å²) in [6.45, 7) is 5.58. The summed E-state index contributed by atoms with van der Waals surface area (Å²) < 4.78 is 5.60. The van der Waals surface area contributed by atoms with Crippen molar-refractivity contribution in [2.24, 2.45) is 0 Å². The Morgan fingerprint density at radius 3 is 2.27 bits per heavy atom. The number of carbonyl (C=O) groups is 2. The van der Waals surface area contributed by atoms with Crippen LogP contribution in [0, 0.1) is 0 Å². The van der Waals surface area contributed by atoms with Gasteiger partial charge in [0.25, 0.3) is 0 Å². The van der Waals surface area contributed by atoms with Gasteiger partial charge in [0, 0.05) is 49.1 Å². The van der Waals surface area contributed by atoms with E-state index in [0.29, 0.717) is 17.6 Å². The highest BCUT2D eigenvalue weighted by Crippen LogP contribution is 2.46. The van der Waals surface area contributed by atoms with Crippen molar-refractivity contribution in [1.82, 2.24) is 5.32 Å². The van der Waals surface area contributed by atoms with E-state index in [9.17, 15) is 9.59 Å². The molecule has 0 unspecified atom stereocenters. The van der Waals surface area contributed by atoms with Crippen molar-refractivity contribution in [3.63, 3.8) is 0 Å². The fraction of sp³-hybridized carbons (Fsp3) is 0.357. The monoisotopic (exact) mass is 444 g/mol. The molecule has 2 aromatic carbocycles. The maximum Gasteiger partial charge on any atom is 0.337 e. The minimum Gasteiger partial charge on any atom is -0.460 e. The van der Waals surface area contributed by atoms with E-state index in [2.05, 4.69) is 17.4 Å². The number of anilines is 1. The molecule has 0 bridgehead atoms. The van der Waals surface area contributed by atoms with Gasteiger partial charge in [0.2, 0.25) is 0 Å². The van der Waals surface area contributed by atoms with Crippen LogP contribution in [0.4, 0.5) is 5.69 Å². The normalized spacial score (nSPS) is 20.5. The van der Waals surface area contributed by atoms with Gasteiger partial charge in [-0.1, -0.05) is 42.5 Å². The van der Waals surface area contributed by atoms with E-state index in [-0.39, 0.29) is 23.8 Å². The van der Waals surface area contributed by atoms with Crippen molar-refractivity contribution in [3.05, 3.63) is 88.3 Å². The van der Waals surface area contributed by atoms with Crippen LogP contribution in [0.3, 0.4) is 0 Å². The van der Waals surface area contributed by atoms with E-state index < -0.39 is 5.92 Å². The first-order chi connectivity index (χ1) is 15.8. The Morgan fingerprint density at radius 2 is 1.67 bits per heavy atom. The quantitative estimate of drug-likeness (QED) is 0.653. The molecular formula is C28H32N2O3. The third-order valence-corrected chi connectivity index (χ3v) is 6.40. The summed E-state index contributed by atoms with van der Waals surface area (Å²) in [5.41, 5.74) is 6.04.